The second-order valence-corrected chi connectivity index (χ2v) is 5.85. The topological polar surface area (TPSA) is 26.3 Å². The normalized spacial score (nSPS) is 13.1. The van der Waals surface area contributed by atoms with Crippen LogP contribution in [0.15, 0.2) is 12.7 Å². The van der Waals surface area contributed by atoms with Crippen molar-refractivity contribution in [2.24, 2.45) is 5.92 Å². The van der Waals surface area contributed by atoms with Gasteiger partial charge in [-0.15, -0.1) is 0 Å². The van der Waals surface area contributed by atoms with E-state index in [4.69, 9.17) is 4.74 Å². The first-order valence-electron chi connectivity index (χ1n) is 7.26. The summed E-state index contributed by atoms with van der Waals surface area (Å²) in [4.78, 5) is 11.1. The highest BCUT2D eigenvalue weighted by Crippen LogP contribution is 2.20. The van der Waals surface area contributed by atoms with E-state index in [2.05, 4.69) is 20.4 Å². The monoisotopic (exact) mass is 254 g/mol. The third-order valence-electron chi connectivity index (χ3n) is 3.47. The molecule has 0 aliphatic carbocycles. The summed E-state index contributed by atoms with van der Waals surface area (Å²) < 4.78 is 5.29. The molecule has 0 aliphatic heterocycles. The van der Waals surface area contributed by atoms with Crippen LogP contribution in [0.4, 0.5) is 0 Å². The van der Waals surface area contributed by atoms with Gasteiger partial charge in [0.1, 0.15) is 5.60 Å². The Morgan fingerprint density at radius 2 is 1.89 bits per heavy atom. The van der Waals surface area contributed by atoms with Crippen LogP contribution < -0.4 is 0 Å². The van der Waals surface area contributed by atoms with E-state index >= 15 is 0 Å². The van der Waals surface area contributed by atoms with Gasteiger partial charge in [0.15, 0.2) is 0 Å². The van der Waals surface area contributed by atoms with Gasteiger partial charge in [-0.05, 0) is 32.6 Å². The minimum Gasteiger partial charge on any atom is -0.457 e. The number of ether oxygens (including phenoxy) is 1. The molecule has 0 aromatic heterocycles. The van der Waals surface area contributed by atoms with Crippen molar-refractivity contribution in [3.05, 3.63) is 12.7 Å². The molecule has 0 fully saturated rings. The van der Waals surface area contributed by atoms with Crippen LogP contribution in [0.1, 0.15) is 72.6 Å². The van der Waals surface area contributed by atoms with Crippen LogP contribution in [-0.2, 0) is 9.53 Å². The summed E-state index contributed by atoms with van der Waals surface area (Å²) in [6, 6.07) is 0. The second-order valence-electron chi connectivity index (χ2n) is 5.85. The number of carbonyl (C=O) groups is 1. The molecule has 0 spiro atoms. The van der Waals surface area contributed by atoms with Gasteiger partial charge in [-0.1, -0.05) is 52.5 Å². The van der Waals surface area contributed by atoms with E-state index in [1.807, 2.05) is 13.8 Å². The van der Waals surface area contributed by atoms with Gasteiger partial charge in [0.2, 0.25) is 0 Å². The zero-order valence-electron chi connectivity index (χ0n) is 12.6. The SMILES string of the molecule is C=CC(=O)OC(C)(C)CCCCCCC(C)CC. The van der Waals surface area contributed by atoms with Gasteiger partial charge >= 0.3 is 5.97 Å². The van der Waals surface area contributed by atoms with Gasteiger partial charge in [0, 0.05) is 6.08 Å². The Morgan fingerprint density at radius 3 is 2.44 bits per heavy atom. The third kappa shape index (κ3) is 9.26. The average molecular weight is 254 g/mol. The molecule has 106 valence electrons. The highest BCUT2D eigenvalue weighted by molar-refractivity contribution is 5.81. The fourth-order valence-electron chi connectivity index (χ4n) is 1.97. The Hall–Kier alpha value is -0.790. The Balaban J connectivity index is 3.58. The predicted octanol–water partition coefficient (Wildman–Crippen LogP) is 4.88. The van der Waals surface area contributed by atoms with Gasteiger partial charge in [-0.3, -0.25) is 0 Å². The number of hydrogen-bond donors (Lipinski definition) is 0. The van der Waals surface area contributed by atoms with Crippen LogP contribution in [0.25, 0.3) is 0 Å². The van der Waals surface area contributed by atoms with Gasteiger partial charge in [0.05, 0.1) is 0 Å². The van der Waals surface area contributed by atoms with Crippen LogP contribution in [0.3, 0.4) is 0 Å². The number of esters is 1. The molecule has 0 saturated carbocycles. The van der Waals surface area contributed by atoms with Crippen molar-refractivity contribution in [1.29, 1.82) is 0 Å². The summed E-state index contributed by atoms with van der Waals surface area (Å²) in [5.74, 6) is 0.534. The zero-order valence-corrected chi connectivity index (χ0v) is 12.6. The summed E-state index contributed by atoms with van der Waals surface area (Å²) in [5, 5.41) is 0. The number of unbranched alkanes of at least 4 members (excludes halogenated alkanes) is 3. The molecule has 0 amide bonds. The van der Waals surface area contributed by atoms with E-state index in [0.29, 0.717) is 0 Å². The number of rotatable bonds is 10. The highest BCUT2D eigenvalue weighted by Gasteiger charge is 2.20. The van der Waals surface area contributed by atoms with Crippen LogP contribution in [0, 0.1) is 5.92 Å². The molecule has 0 radical (unpaired) electrons. The summed E-state index contributed by atoms with van der Waals surface area (Å²) in [7, 11) is 0. The van der Waals surface area contributed by atoms with Gasteiger partial charge < -0.3 is 4.74 Å². The minimum atomic E-state index is -0.359. The van der Waals surface area contributed by atoms with Crippen LogP contribution in [0.5, 0.6) is 0 Å². The van der Waals surface area contributed by atoms with E-state index < -0.39 is 0 Å². The maximum atomic E-state index is 11.1. The van der Waals surface area contributed by atoms with Crippen molar-refractivity contribution < 1.29 is 9.53 Å². The lowest BCUT2D eigenvalue weighted by Gasteiger charge is -2.24. The average Bonchev–Trinajstić information content (AvgIpc) is 2.32. The van der Waals surface area contributed by atoms with Gasteiger partial charge in [-0.25, -0.2) is 4.79 Å². The molecule has 0 aromatic rings. The molecule has 1 atom stereocenters. The summed E-state index contributed by atoms with van der Waals surface area (Å²) >= 11 is 0. The fourth-order valence-corrected chi connectivity index (χ4v) is 1.97. The maximum Gasteiger partial charge on any atom is 0.330 e. The molecule has 1 unspecified atom stereocenters. The van der Waals surface area contributed by atoms with Crippen molar-refractivity contribution in [3.8, 4) is 0 Å². The first kappa shape index (κ1) is 17.2. The highest BCUT2D eigenvalue weighted by atomic mass is 16.6. The Bertz CT molecular complexity index is 243. The molecular weight excluding hydrogens is 224 g/mol. The van der Waals surface area contributed by atoms with Crippen LogP contribution in [0.2, 0.25) is 0 Å². The summed E-state index contributed by atoms with van der Waals surface area (Å²) in [5.41, 5.74) is -0.359. The predicted molar refractivity (Wildman–Crippen MR) is 77.5 cm³/mol. The second kappa shape index (κ2) is 9.18. The Labute approximate surface area is 113 Å². The molecule has 18 heavy (non-hydrogen) atoms. The molecule has 0 saturated heterocycles. The molecule has 0 N–H and O–H groups in total. The van der Waals surface area contributed by atoms with Crippen molar-refractivity contribution in [2.45, 2.75) is 78.2 Å². The number of hydrogen-bond acceptors (Lipinski definition) is 2. The van der Waals surface area contributed by atoms with Gasteiger partial charge in [0.25, 0.3) is 0 Å². The molecule has 0 rings (SSSR count). The van der Waals surface area contributed by atoms with Crippen molar-refractivity contribution in [3.63, 3.8) is 0 Å². The van der Waals surface area contributed by atoms with Crippen molar-refractivity contribution in [2.75, 3.05) is 0 Å². The molecule has 0 bridgehead atoms. The van der Waals surface area contributed by atoms with Crippen molar-refractivity contribution in [1.82, 2.24) is 0 Å². The smallest absolute Gasteiger partial charge is 0.330 e. The zero-order chi connectivity index (χ0) is 14.0. The first-order chi connectivity index (χ1) is 8.41. The lowest BCUT2D eigenvalue weighted by atomic mass is 9.97. The molecule has 0 aliphatic rings. The fraction of sp³-hybridized carbons (Fsp3) is 0.812. The lowest BCUT2D eigenvalue weighted by molar-refractivity contribution is -0.150. The first-order valence-corrected chi connectivity index (χ1v) is 7.26. The summed E-state index contributed by atoms with van der Waals surface area (Å²) in [6.07, 6.45) is 9.74. The summed E-state index contributed by atoms with van der Waals surface area (Å²) in [6.45, 7) is 11.9. The maximum absolute atomic E-state index is 11.1. The Kier molecular flexibility index (Phi) is 8.78. The lowest BCUT2D eigenvalue weighted by Crippen LogP contribution is -2.27. The van der Waals surface area contributed by atoms with Gasteiger partial charge in [-0.2, -0.15) is 0 Å². The number of carbonyl (C=O) groups excluding carboxylic acids is 1. The molecule has 0 heterocycles. The molecule has 2 heteroatoms. The molecule has 0 aromatic carbocycles. The largest absolute Gasteiger partial charge is 0.457 e. The van der Waals surface area contributed by atoms with Crippen molar-refractivity contribution >= 4 is 5.97 Å². The van der Waals surface area contributed by atoms with E-state index in [1.54, 1.807) is 0 Å². The van der Waals surface area contributed by atoms with Crippen LogP contribution >= 0.6 is 0 Å². The van der Waals surface area contributed by atoms with E-state index in [1.165, 1.54) is 38.2 Å². The van der Waals surface area contributed by atoms with E-state index in [-0.39, 0.29) is 11.6 Å². The standard InChI is InChI=1S/C16H30O2/c1-6-14(3)12-10-8-9-11-13-16(4,5)18-15(17)7-2/h7,14H,2,6,8-13H2,1,3-5H3. The van der Waals surface area contributed by atoms with Crippen LogP contribution in [-0.4, -0.2) is 11.6 Å². The molecular formula is C16H30O2. The minimum absolute atomic E-state index is 0.322. The van der Waals surface area contributed by atoms with E-state index in [0.717, 1.165) is 18.8 Å². The van der Waals surface area contributed by atoms with E-state index in [9.17, 15) is 4.79 Å². The molecule has 2 nitrogen and oxygen atoms in total. The quantitative estimate of drug-likeness (QED) is 0.315. The third-order valence-corrected chi connectivity index (χ3v) is 3.47. The Morgan fingerprint density at radius 1 is 1.28 bits per heavy atom.